The zero-order valence-electron chi connectivity index (χ0n) is 15.0. The smallest absolute Gasteiger partial charge is 0.306 e. The molecular formula is C18H20F3N3O2S. The van der Waals surface area contributed by atoms with Crippen molar-refractivity contribution in [3.63, 3.8) is 0 Å². The van der Waals surface area contributed by atoms with Crippen LogP contribution in [0.2, 0.25) is 0 Å². The lowest BCUT2D eigenvalue weighted by molar-refractivity contribution is -0.140. The Morgan fingerprint density at radius 3 is 2.37 bits per heavy atom. The fourth-order valence-corrected chi connectivity index (χ4v) is 4.02. The molecule has 0 fully saturated rings. The van der Waals surface area contributed by atoms with Gasteiger partial charge in [0, 0.05) is 25.2 Å². The summed E-state index contributed by atoms with van der Waals surface area (Å²) in [5, 5.41) is 0. The normalized spacial score (nSPS) is 15.9. The van der Waals surface area contributed by atoms with Crippen molar-refractivity contribution >= 4 is 15.7 Å². The fraction of sp³-hybridized carbons (Fsp3) is 0.389. The lowest BCUT2D eigenvalue weighted by atomic mass is 10.1. The number of aryl methyl sites for hydroxylation is 1. The first-order valence-corrected chi connectivity index (χ1v) is 9.92. The number of fused-ring (bicyclic) bond motifs is 1. The van der Waals surface area contributed by atoms with Crippen molar-refractivity contribution < 1.29 is 21.6 Å². The van der Waals surface area contributed by atoms with Gasteiger partial charge in [0.1, 0.15) is 0 Å². The minimum Gasteiger partial charge on any atom is -0.306 e. The molecule has 0 saturated carbocycles. The molecule has 1 N–H and O–H groups in total. The maximum atomic E-state index is 13.5. The number of aromatic nitrogens is 1. The predicted molar refractivity (Wildman–Crippen MR) is 96.1 cm³/mol. The summed E-state index contributed by atoms with van der Waals surface area (Å²) in [4.78, 5) is 5.70. The highest BCUT2D eigenvalue weighted by molar-refractivity contribution is 7.92. The number of pyridine rings is 1. The van der Waals surface area contributed by atoms with Crippen molar-refractivity contribution in [1.29, 1.82) is 0 Å². The lowest BCUT2D eigenvalue weighted by Crippen LogP contribution is -2.21. The number of halogens is 3. The number of rotatable bonds is 3. The first-order valence-electron chi connectivity index (χ1n) is 8.44. The number of nitrogens with zero attached hydrogens (tertiary/aromatic N) is 2. The van der Waals surface area contributed by atoms with Crippen LogP contribution < -0.4 is 4.72 Å². The molecule has 27 heavy (non-hydrogen) atoms. The molecule has 0 unspecified atom stereocenters. The summed E-state index contributed by atoms with van der Waals surface area (Å²) < 4.78 is 67.8. The van der Waals surface area contributed by atoms with Crippen LogP contribution in [0.4, 0.5) is 18.9 Å². The van der Waals surface area contributed by atoms with Gasteiger partial charge in [0.25, 0.3) is 10.0 Å². The lowest BCUT2D eigenvalue weighted by Gasteiger charge is -2.17. The molecule has 9 heteroatoms. The van der Waals surface area contributed by atoms with E-state index in [4.69, 9.17) is 0 Å². The summed E-state index contributed by atoms with van der Waals surface area (Å²) in [5.41, 5.74) is 0.104. The number of alkyl halides is 3. The Kier molecular flexibility index (Phi) is 5.18. The number of benzene rings is 1. The van der Waals surface area contributed by atoms with Crippen LogP contribution >= 0.6 is 0 Å². The monoisotopic (exact) mass is 399 g/mol. The largest absolute Gasteiger partial charge is 0.435 e. The SMILES string of the molecule is Cc1ccc(S(=O)(=O)Nc2cc3c(nc2C(F)(F)F)CCN(C)CC3)cc1. The van der Waals surface area contributed by atoms with E-state index in [-0.39, 0.29) is 4.90 Å². The Bertz CT molecular complexity index is 942. The van der Waals surface area contributed by atoms with Gasteiger partial charge in [0.2, 0.25) is 0 Å². The zero-order chi connectivity index (χ0) is 19.8. The number of hydrogen-bond donors (Lipinski definition) is 1. The van der Waals surface area contributed by atoms with Crippen LogP contribution in [0.1, 0.15) is 22.5 Å². The summed E-state index contributed by atoms with van der Waals surface area (Å²) in [5.74, 6) is 0. The second kappa shape index (κ2) is 7.12. The molecule has 5 nitrogen and oxygen atoms in total. The maximum absolute atomic E-state index is 13.5. The molecule has 3 rings (SSSR count). The second-order valence-electron chi connectivity index (χ2n) is 6.71. The van der Waals surface area contributed by atoms with Crippen LogP contribution in [0.3, 0.4) is 0 Å². The molecular weight excluding hydrogens is 379 g/mol. The van der Waals surface area contributed by atoms with Crippen LogP contribution in [0.15, 0.2) is 35.2 Å². The Hall–Kier alpha value is -2.13. The highest BCUT2D eigenvalue weighted by Crippen LogP contribution is 2.36. The van der Waals surface area contributed by atoms with E-state index in [2.05, 4.69) is 9.71 Å². The van der Waals surface area contributed by atoms with Gasteiger partial charge >= 0.3 is 6.18 Å². The topological polar surface area (TPSA) is 62.3 Å². The molecule has 1 aromatic carbocycles. The minimum atomic E-state index is -4.77. The van der Waals surface area contributed by atoms with Crippen LogP contribution in [-0.2, 0) is 29.0 Å². The molecule has 0 amide bonds. The highest BCUT2D eigenvalue weighted by atomic mass is 32.2. The van der Waals surface area contributed by atoms with Gasteiger partial charge in [-0.3, -0.25) is 4.72 Å². The van der Waals surface area contributed by atoms with Crippen LogP contribution in [0, 0.1) is 6.92 Å². The van der Waals surface area contributed by atoms with Crippen LogP contribution in [0.25, 0.3) is 0 Å². The molecule has 2 heterocycles. The molecule has 0 atom stereocenters. The summed E-state index contributed by atoms with van der Waals surface area (Å²) in [6, 6.07) is 7.16. The van der Waals surface area contributed by atoms with Gasteiger partial charge in [0.15, 0.2) is 5.69 Å². The van der Waals surface area contributed by atoms with E-state index in [0.717, 1.165) is 5.56 Å². The van der Waals surface area contributed by atoms with Crippen LogP contribution in [-0.4, -0.2) is 38.4 Å². The van der Waals surface area contributed by atoms with E-state index in [1.165, 1.54) is 18.2 Å². The van der Waals surface area contributed by atoms with Gasteiger partial charge in [-0.2, -0.15) is 13.2 Å². The van der Waals surface area contributed by atoms with Crippen LogP contribution in [0.5, 0.6) is 0 Å². The number of hydrogen-bond acceptors (Lipinski definition) is 4. The third kappa shape index (κ3) is 4.41. The Morgan fingerprint density at radius 2 is 1.74 bits per heavy atom. The van der Waals surface area contributed by atoms with Gasteiger partial charge in [0.05, 0.1) is 10.6 Å². The minimum absolute atomic E-state index is 0.101. The molecule has 1 aliphatic rings. The Balaban J connectivity index is 2.04. The number of likely N-dealkylation sites (N-methyl/N-ethyl adjacent to an activating group) is 1. The molecule has 2 aromatic rings. The molecule has 0 bridgehead atoms. The van der Waals surface area contributed by atoms with Gasteiger partial charge in [-0.1, -0.05) is 17.7 Å². The summed E-state index contributed by atoms with van der Waals surface area (Å²) in [6.45, 7) is 3.06. The van der Waals surface area contributed by atoms with Crippen molar-refractivity contribution in [2.24, 2.45) is 0 Å². The molecule has 0 spiro atoms. The van der Waals surface area contributed by atoms with E-state index in [1.807, 2.05) is 11.9 Å². The molecule has 0 saturated heterocycles. The Labute approximate surface area is 156 Å². The predicted octanol–water partition coefficient (Wildman–Crippen LogP) is 3.24. The molecule has 0 aliphatic carbocycles. The molecule has 1 aliphatic heterocycles. The summed E-state index contributed by atoms with van der Waals surface area (Å²) in [7, 11) is -2.27. The van der Waals surface area contributed by atoms with E-state index in [9.17, 15) is 21.6 Å². The Morgan fingerprint density at radius 1 is 1.11 bits per heavy atom. The average molecular weight is 399 g/mol. The van der Waals surface area contributed by atoms with Gasteiger partial charge < -0.3 is 4.90 Å². The summed E-state index contributed by atoms with van der Waals surface area (Å²) in [6.07, 6.45) is -3.87. The van der Waals surface area contributed by atoms with Crippen molar-refractivity contribution in [3.8, 4) is 0 Å². The average Bonchev–Trinajstić information content (AvgIpc) is 2.75. The quantitative estimate of drug-likeness (QED) is 0.861. The number of sulfonamides is 1. The first-order chi connectivity index (χ1) is 12.6. The van der Waals surface area contributed by atoms with E-state index in [1.54, 1.807) is 19.1 Å². The third-order valence-corrected chi connectivity index (χ3v) is 5.91. The highest BCUT2D eigenvalue weighted by Gasteiger charge is 2.38. The van der Waals surface area contributed by atoms with Gasteiger partial charge in [-0.15, -0.1) is 0 Å². The number of nitrogens with one attached hydrogen (secondary N) is 1. The maximum Gasteiger partial charge on any atom is 0.435 e. The van der Waals surface area contributed by atoms with E-state index < -0.39 is 27.6 Å². The van der Waals surface area contributed by atoms with E-state index in [0.29, 0.717) is 37.2 Å². The van der Waals surface area contributed by atoms with Crippen molar-refractivity contribution in [2.75, 3.05) is 24.9 Å². The van der Waals surface area contributed by atoms with Crippen molar-refractivity contribution in [2.45, 2.75) is 30.8 Å². The molecule has 0 radical (unpaired) electrons. The van der Waals surface area contributed by atoms with Gasteiger partial charge in [-0.25, -0.2) is 13.4 Å². The first kappa shape index (κ1) is 19.6. The zero-order valence-corrected chi connectivity index (χ0v) is 15.8. The third-order valence-electron chi connectivity index (χ3n) is 4.53. The standard InChI is InChI=1S/C18H20F3N3O2S/c1-12-3-5-14(6-4-12)27(25,26)23-16-11-13-7-9-24(2)10-8-15(13)22-17(16)18(19,20)21/h3-6,11,23H,7-10H2,1-2H3. The van der Waals surface area contributed by atoms with Gasteiger partial charge in [-0.05, 0) is 44.2 Å². The molecule has 1 aromatic heterocycles. The van der Waals surface area contributed by atoms with Crippen molar-refractivity contribution in [1.82, 2.24) is 9.88 Å². The fourth-order valence-electron chi connectivity index (χ4n) is 2.96. The molecule has 146 valence electrons. The van der Waals surface area contributed by atoms with E-state index >= 15 is 0 Å². The van der Waals surface area contributed by atoms with Crippen molar-refractivity contribution in [3.05, 3.63) is 52.8 Å². The number of anilines is 1. The second-order valence-corrected chi connectivity index (χ2v) is 8.39. The summed E-state index contributed by atoms with van der Waals surface area (Å²) >= 11 is 0.